The monoisotopic (exact) mass is 417 g/mol. The van der Waals surface area contributed by atoms with Crippen LogP contribution in [0.5, 0.6) is 0 Å². The van der Waals surface area contributed by atoms with E-state index in [9.17, 15) is 35.9 Å². The highest BCUT2D eigenvalue weighted by atomic mass is 16.7. The number of rotatable bonds is 5. The normalized spacial score (nSPS) is 50.4. The Kier molecular flexibility index (Phi) is 6.91. The zero-order valence-electron chi connectivity index (χ0n) is 15.8. The summed E-state index contributed by atoms with van der Waals surface area (Å²) < 4.78 is 22.2. The van der Waals surface area contributed by atoms with Gasteiger partial charge in [-0.2, -0.15) is 5.26 Å². The van der Waals surface area contributed by atoms with Gasteiger partial charge in [0, 0.05) is 12.8 Å². The van der Waals surface area contributed by atoms with Gasteiger partial charge < -0.3 is 49.6 Å². The van der Waals surface area contributed by atoms with E-state index in [1.54, 1.807) is 13.0 Å². The molecule has 0 aromatic heterocycles. The fourth-order valence-electron chi connectivity index (χ4n) is 3.67. The van der Waals surface area contributed by atoms with E-state index in [4.69, 9.17) is 18.9 Å². The molecule has 29 heavy (non-hydrogen) atoms. The third-order valence-electron chi connectivity index (χ3n) is 5.45. The molecule has 3 aliphatic rings. The molecule has 11 heteroatoms. The Morgan fingerprint density at radius 2 is 1.83 bits per heavy atom. The topological polar surface area (TPSA) is 182 Å². The van der Waals surface area contributed by atoms with E-state index in [1.807, 2.05) is 6.07 Å². The molecule has 0 unspecified atom stereocenters. The molecule has 0 amide bonds. The summed E-state index contributed by atoms with van der Waals surface area (Å²) >= 11 is 0. The summed E-state index contributed by atoms with van der Waals surface area (Å²) in [6.07, 6.45) is -8.37. The van der Waals surface area contributed by atoms with Crippen LogP contribution < -0.4 is 0 Å². The Labute approximate surface area is 167 Å². The summed E-state index contributed by atoms with van der Waals surface area (Å²) in [4.78, 5) is 0. The number of ether oxygens (including phenoxy) is 4. The van der Waals surface area contributed by atoms with E-state index >= 15 is 0 Å². The number of hydrogen-bond acceptors (Lipinski definition) is 11. The average molecular weight is 417 g/mol. The number of nitrogens with zero attached hydrogens (tertiary/aromatic N) is 1. The van der Waals surface area contributed by atoms with Gasteiger partial charge in [-0.1, -0.05) is 6.08 Å². The lowest BCUT2D eigenvalue weighted by atomic mass is 9.98. The molecule has 1 aliphatic carbocycles. The van der Waals surface area contributed by atoms with Gasteiger partial charge in [-0.15, -0.1) is 0 Å². The van der Waals surface area contributed by atoms with Crippen molar-refractivity contribution in [1.82, 2.24) is 0 Å². The minimum Gasteiger partial charge on any atom is -0.394 e. The van der Waals surface area contributed by atoms with Crippen molar-refractivity contribution in [1.29, 1.82) is 5.26 Å². The van der Waals surface area contributed by atoms with Gasteiger partial charge in [0.2, 0.25) is 0 Å². The lowest BCUT2D eigenvalue weighted by Gasteiger charge is -2.41. The molecule has 6 N–H and O–H groups in total. The second kappa shape index (κ2) is 8.91. The number of hydrogen-bond donors (Lipinski definition) is 6. The summed E-state index contributed by atoms with van der Waals surface area (Å²) in [6.45, 7) is 0.993. The molecule has 11 atom stereocenters. The molecule has 11 nitrogen and oxygen atoms in total. The van der Waals surface area contributed by atoms with Crippen molar-refractivity contribution >= 4 is 0 Å². The molecular weight excluding hydrogens is 390 g/mol. The van der Waals surface area contributed by atoms with Crippen LogP contribution in [0.15, 0.2) is 12.2 Å². The maximum Gasteiger partial charge on any atom is 0.189 e. The van der Waals surface area contributed by atoms with E-state index < -0.39 is 73.6 Å². The fourth-order valence-corrected chi connectivity index (χ4v) is 3.67. The Balaban J connectivity index is 1.62. The van der Waals surface area contributed by atoms with Crippen LogP contribution in [0.25, 0.3) is 0 Å². The molecule has 2 saturated heterocycles. The van der Waals surface area contributed by atoms with Gasteiger partial charge in [-0.25, -0.2) is 0 Å². The third kappa shape index (κ3) is 4.62. The molecule has 3 rings (SSSR count). The maximum absolute atomic E-state index is 10.1. The second-order valence-electron chi connectivity index (χ2n) is 7.62. The zero-order chi connectivity index (χ0) is 21.3. The molecule has 0 radical (unpaired) electrons. The van der Waals surface area contributed by atoms with Crippen molar-refractivity contribution in [2.24, 2.45) is 0 Å². The third-order valence-corrected chi connectivity index (χ3v) is 5.45. The molecule has 2 aliphatic heterocycles. The van der Waals surface area contributed by atoms with Crippen LogP contribution in [0.1, 0.15) is 19.8 Å². The van der Waals surface area contributed by atoms with Crippen LogP contribution >= 0.6 is 0 Å². The minimum atomic E-state index is -1.63. The van der Waals surface area contributed by atoms with Crippen molar-refractivity contribution in [3.63, 3.8) is 0 Å². The van der Waals surface area contributed by atoms with Gasteiger partial charge in [0.1, 0.15) is 36.6 Å². The Morgan fingerprint density at radius 1 is 1.10 bits per heavy atom. The van der Waals surface area contributed by atoms with E-state index in [2.05, 4.69) is 0 Å². The van der Waals surface area contributed by atoms with Gasteiger partial charge in [0.05, 0.1) is 24.9 Å². The first-order valence-electron chi connectivity index (χ1n) is 9.45. The lowest BCUT2D eigenvalue weighted by molar-refractivity contribution is -0.317. The number of aliphatic hydroxyl groups is 6. The second-order valence-corrected chi connectivity index (χ2v) is 7.62. The van der Waals surface area contributed by atoms with E-state index in [-0.39, 0.29) is 12.8 Å². The minimum absolute atomic E-state index is 0.0193. The maximum atomic E-state index is 10.1. The average Bonchev–Trinajstić information content (AvgIpc) is 3.09. The molecule has 0 aromatic carbocycles. The van der Waals surface area contributed by atoms with Crippen LogP contribution in [-0.2, 0) is 18.9 Å². The summed E-state index contributed by atoms with van der Waals surface area (Å²) in [6, 6.07) is 1.98. The lowest BCUT2D eigenvalue weighted by Crippen LogP contribution is -2.60. The van der Waals surface area contributed by atoms with Crippen LogP contribution in [0, 0.1) is 11.3 Å². The molecule has 0 spiro atoms. The number of nitriles is 1. The van der Waals surface area contributed by atoms with Crippen LogP contribution in [-0.4, -0.2) is 104 Å². The largest absolute Gasteiger partial charge is 0.394 e. The fraction of sp³-hybridized carbons (Fsp3) is 0.833. The van der Waals surface area contributed by atoms with Crippen molar-refractivity contribution in [3.8, 4) is 6.07 Å². The molecule has 2 fully saturated rings. The standard InChI is InChI=1S/C18H27NO10/c1-8-13(22)10(21)4-12(26-8)27-9-2-3-18(5-9,7-19)29-17-16(25)15(24)14(23)11(6-20)28-17/h2-3,8-17,20-25H,4-6H2,1H3/t8-,9+,10+,11+,12+,13-,14+,15-,16-,17+,18-/m1/s1. The van der Waals surface area contributed by atoms with Gasteiger partial charge in [0.15, 0.2) is 18.2 Å². The van der Waals surface area contributed by atoms with Gasteiger partial charge in [0.25, 0.3) is 0 Å². The first-order chi connectivity index (χ1) is 13.7. The van der Waals surface area contributed by atoms with Crippen molar-refractivity contribution < 1.29 is 49.6 Å². The number of aliphatic hydroxyl groups excluding tert-OH is 6. The SMILES string of the molecule is C[C@H]1O[C@@H](O[C@H]2C=C[C@@](C#N)(O[C@@H]3O[C@@H](CO)[C@H](O)[C@@H](O)[C@H]3O)C2)C[C@H](O)[C@@H]1O. The summed E-state index contributed by atoms with van der Waals surface area (Å²) in [5.41, 5.74) is -1.54. The smallest absolute Gasteiger partial charge is 0.189 e. The van der Waals surface area contributed by atoms with Gasteiger partial charge in [-0.05, 0) is 13.0 Å². The summed E-state index contributed by atoms with van der Waals surface area (Å²) in [5, 5.41) is 68.3. The first kappa shape index (κ1) is 22.5. The Hall–Kier alpha value is -1.17. The summed E-state index contributed by atoms with van der Waals surface area (Å²) in [5.74, 6) is 0. The Morgan fingerprint density at radius 3 is 2.45 bits per heavy atom. The van der Waals surface area contributed by atoms with Crippen LogP contribution in [0.4, 0.5) is 0 Å². The predicted octanol–water partition coefficient (Wildman–Crippen LogP) is -2.73. The molecule has 0 saturated carbocycles. The van der Waals surface area contributed by atoms with E-state index in [1.165, 1.54) is 6.08 Å². The van der Waals surface area contributed by atoms with Gasteiger partial charge >= 0.3 is 0 Å². The highest BCUT2D eigenvalue weighted by molar-refractivity contribution is 5.24. The highest BCUT2D eigenvalue weighted by Crippen LogP contribution is 2.34. The van der Waals surface area contributed by atoms with Crippen molar-refractivity contribution in [2.75, 3.05) is 6.61 Å². The van der Waals surface area contributed by atoms with E-state index in [0.29, 0.717) is 0 Å². The van der Waals surface area contributed by atoms with Crippen LogP contribution in [0.3, 0.4) is 0 Å². The first-order valence-corrected chi connectivity index (χ1v) is 9.45. The molecule has 0 bridgehead atoms. The molecular formula is C18H27NO10. The molecule has 164 valence electrons. The zero-order valence-corrected chi connectivity index (χ0v) is 15.8. The predicted molar refractivity (Wildman–Crippen MR) is 92.8 cm³/mol. The molecule has 0 aromatic rings. The van der Waals surface area contributed by atoms with Gasteiger partial charge in [-0.3, -0.25) is 0 Å². The van der Waals surface area contributed by atoms with Crippen molar-refractivity contribution in [2.45, 2.75) is 86.8 Å². The van der Waals surface area contributed by atoms with Crippen LogP contribution in [0.2, 0.25) is 0 Å². The van der Waals surface area contributed by atoms with E-state index in [0.717, 1.165) is 0 Å². The quantitative estimate of drug-likeness (QED) is 0.255. The molecule has 2 heterocycles. The van der Waals surface area contributed by atoms with Crippen molar-refractivity contribution in [3.05, 3.63) is 12.2 Å². The highest BCUT2D eigenvalue weighted by Gasteiger charge is 2.49. The summed E-state index contributed by atoms with van der Waals surface area (Å²) in [7, 11) is 0. The Bertz CT molecular complexity index is 627.